The fourth-order valence-corrected chi connectivity index (χ4v) is 7.03. The fraction of sp³-hybridized carbons (Fsp3) is 0.484. The third-order valence-electron chi connectivity index (χ3n) is 7.85. The van der Waals surface area contributed by atoms with E-state index in [2.05, 4.69) is 21.7 Å². The Hall–Kier alpha value is -3.21. The molecule has 2 aliphatic heterocycles. The zero-order valence-electron chi connectivity index (χ0n) is 23.9. The van der Waals surface area contributed by atoms with Crippen LogP contribution in [0.15, 0.2) is 58.5 Å². The highest BCUT2D eigenvalue weighted by Crippen LogP contribution is 2.38. The van der Waals surface area contributed by atoms with Gasteiger partial charge in [0.15, 0.2) is 0 Å². The van der Waals surface area contributed by atoms with Crippen molar-refractivity contribution < 1.29 is 27.4 Å². The molecule has 0 spiro atoms. The molecule has 0 unspecified atom stereocenters. The molecule has 0 bridgehead atoms. The summed E-state index contributed by atoms with van der Waals surface area (Å²) in [6.07, 6.45) is 5.22. The van der Waals surface area contributed by atoms with Crippen LogP contribution in [0.3, 0.4) is 0 Å². The molecule has 2 aliphatic rings. The first kappa shape index (κ1) is 29.3. The molecular weight excluding hydrogens is 542 g/mol. The molecule has 2 fully saturated rings. The number of piperidine rings is 1. The molecule has 220 valence electrons. The van der Waals surface area contributed by atoms with Crippen molar-refractivity contribution in [2.75, 3.05) is 57.5 Å². The van der Waals surface area contributed by atoms with E-state index >= 15 is 0 Å². The maximum absolute atomic E-state index is 14.1. The van der Waals surface area contributed by atoms with Crippen LogP contribution in [0.5, 0.6) is 5.75 Å². The first-order valence-electron chi connectivity index (χ1n) is 14.6. The van der Waals surface area contributed by atoms with Gasteiger partial charge in [-0.25, -0.2) is 13.2 Å². The minimum absolute atomic E-state index is 0.135. The number of sulfone groups is 1. The number of unbranched alkanes of at least 4 members (excludes halogenated alkanes) is 1. The second-order valence-electron chi connectivity index (χ2n) is 10.5. The molecule has 1 aromatic heterocycles. The minimum atomic E-state index is -3.93. The Balaban J connectivity index is 1.53. The van der Waals surface area contributed by atoms with Gasteiger partial charge in [0.05, 0.1) is 48.1 Å². The molecule has 2 aromatic carbocycles. The second-order valence-corrected chi connectivity index (χ2v) is 12.4. The van der Waals surface area contributed by atoms with Crippen molar-refractivity contribution in [1.82, 2.24) is 9.88 Å². The molecule has 2 saturated heterocycles. The van der Waals surface area contributed by atoms with Crippen molar-refractivity contribution in [3.63, 3.8) is 0 Å². The van der Waals surface area contributed by atoms with Gasteiger partial charge < -0.3 is 19.1 Å². The van der Waals surface area contributed by atoms with Crippen LogP contribution in [0.4, 0.5) is 5.69 Å². The van der Waals surface area contributed by atoms with E-state index in [-0.39, 0.29) is 16.4 Å². The largest absolute Gasteiger partial charge is 0.494 e. The number of rotatable bonds is 10. The van der Waals surface area contributed by atoms with Gasteiger partial charge in [-0.05, 0) is 68.7 Å². The molecule has 3 heterocycles. The van der Waals surface area contributed by atoms with Crippen LogP contribution in [0.25, 0.3) is 10.9 Å². The van der Waals surface area contributed by atoms with Gasteiger partial charge in [-0.1, -0.05) is 13.3 Å². The summed E-state index contributed by atoms with van der Waals surface area (Å²) in [5, 5.41) is 0.626. The van der Waals surface area contributed by atoms with Crippen molar-refractivity contribution >= 4 is 32.4 Å². The van der Waals surface area contributed by atoms with Crippen molar-refractivity contribution in [2.24, 2.45) is 0 Å². The molecule has 0 atom stereocenters. The molecule has 0 N–H and O–H groups in total. The molecule has 0 aliphatic carbocycles. The summed E-state index contributed by atoms with van der Waals surface area (Å²) >= 11 is 0. The van der Waals surface area contributed by atoms with Crippen molar-refractivity contribution in [3.8, 4) is 5.75 Å². The van der Waals surface area contributed by atoms with Crippen LogP contribution in [0.2, 0.25) is 0 Å². The van der Waals surface area contributed by atoms with Crippen molar-refractivity contribution in [2.45, 2.75) is 55.4 Å². The third-order valence-corrected chi connectivity index (χ3v) is 9.62. The Morgan fingerprint density at radius 1 is 1.02 bits per heavy atom. The van der Waals surface area contributed by atoms with Gasteiger partial charge in [0.2, 0.25) is 9.84 Å². The molecule has 0 saturated carbocycles. The number of nitrogens with zero attached hydrogens (tertiary/aromatic N) is 3. The number of carbonyl (C=O) groups excluding carboxylic acids is 1. The van der Waals surface area contributed by atoms with Gasteiger partial charge in [-0.3, -0.25) is 9.88 Å². The topological polar surface area (TPSA) is 98.3 Å². The summed E-state index contributed by atoms with van der Waals surface area (Å²) < 4.78 is 44.8. The van der Waals surface area contributed by atoms with E-state index in [1.807, 2.05) is 0 Å². The monoisotopic (exact) mass is 581 g/mol. The van der Waals surface area contributed by atoms with Crippen LogP contribution >= 0.6 is 0 Å². The SMILES string of the molecule is CCCCOc1ccc(S(=O)(=O)c2cnc3ccc(C(=O)OCC)cc3c2N2CCC(N3CCOCC3)CC2)cc1. The zero-order valence-corrected chi connectivity index (χ0v) is 24.7. The summed E-state index contributed by atoms with van der Waals surface area (Å²) in [6.45, 7) is 9.41. The van der Waals surface area contributed by atoms with Crippen molar-refractivity contribution in [1.29, 1.82) is 0 Å². The van der Waals surface area contributed by atoms with Gasteiger partial charge >= 0.3 is 5.97 Å². The van der Waals surface area contributed by atoms with Gasteiger partial charge in [-0.15, -0.1) is 0 Å². The van der Waals surface area contributed by atoms with E-state index in [0.29, 0.717) is 53.6 Å². The van der Waals surface area contributed by atoms with Crippen molar-refractivity contribution in [3.05, 3.63) is 54.2 Å². The number of esters is 1. The number of aromatic nitrogens is 1. The predicted octanol–water partition coefficient (Wildman–Crippen LogP) is 4.72. The Labute approximate surface area is 242 Å². The lowest BCUT2D eigenvalue weighted by Gasteiger charge is -2.41. The van der Waals surface area contributed by atoms with E-state index in [0.717, 1.165) is 52.0 Å². The molecule has 0 amide bonds. The van der Waals surface area contributed by atoms with Gasteiger partial charge in [0, 0.05) is 43.8 Å². The standard InChI is InChI=1S/C31H39N3O6S/c1-3-5-18-40-25-7-9-26(10-8-25)41(36,37)29-22-32-28-11-6-23(31(35)39-4-2)21-27(28)30(29)34-14-12-24(13-15-34)33-16-19-38-20-17-33/h6-11,21-22,24H,3-5,12-20H2,1-2H3. The first-order chi connectivity index (χ1) is 19.9. The lowest BCUT2D eigenvalue weighted by atomic mass is 10.0. The summed E-state index contributed by atoms with van der Waals surface area (Å²) in [7, 11) is -3.93. The highest BCUT2D eigenvalue weighted by Gasteiger charge is 2.31. The van der Waals surface area contributed by atoms with Gasteiger partial charge in [0.25, 0.3) is 0 Å². The number of hydrogen-bond donors (Lipinski definition) is 0. The van der Waals surface area contributed by atoms with Crippen LogP contribution < -0.4 is 9.64 Å². The molecule has 10 heteroatoms. The fourth-order valence-electron chi connectivity index (χ4n) is 5.60. The zero-order chi connectivity index (χ0) is 28.8. The average molecular weight is 582 g/mol. The summed E-state index contributed by atoms with van der Waals surface area (Å²) in [4.78, 5) is 22.1. The lowest BCUT2D eigenvalue weighted by Crippen LogP contribution is -2.49. The Kier molecular flexibility index (Phi) is 9.42. The quantitative estimate of drug-likeness (QED) is 0.249. The number of fused-ring (bicyclic) bond motifs is 1. The van der Waals surface area contributed by atoms with Crippen LogP contribution in [0, 0.1) is 0 Å². The first-order valence-corrected chi connectivity index (χ1v) is 16.0. The Morgan fingerprint density at radius 2 is 1.76 bits per heavy atom. The summed E-state index contributed by atoms with van der Waals surface area (Å²) in [5.74, 6) is 0.192. The van der Waals surface area contributed by atoms with E-state index < -0.39 is 15.8 Å². The molecule has 3 aromatic rings. The summed E-state index contributed by atoms with van der Waals surface area (Å²) in [6, 6.07) is 12.1. The van der Waals surface area contributed by atoms with E-state index in [1.54, 1.807) is 49.4 Å². The molecule has 41 heavy (non-hydrogen) atoms. The number of carbonyl (C=O) groups is 1. The Morgan fingerprint density at radius 3 is 2.44 bits per heavy atom. The molecule has 0 radical (unpaired) electrons. The van der Waals surface area contributed by atoms with Gasteiger partial charge in [-0.2, -0.15) is 0 Å². The minimum Gasteiger partial charge on any atom is -0.494 e. The maximum atomic E-state index is 14.1. The number of hydrogen-bond acceptors (Lipinski definition) is 9. The Bertz CT molecular complexity index is 1450. The van der Waals surface area contributed by atoms with E-state index in [1.165, 1.54) is 6.20 Å². The second kappa shape index (κ2) is 13.2. The predicted molar refractivity (Wildman–Crippen MR) is 158 cm³/mol. The van der Waals surface area contributed by atoms with Crippen LogP contribution in [0.1, 0.15) is 49.9 Å². The number of anilines is 1. The smallest absolute Gasteiger partial charge is 0.338 e. The summed E-state index contributed by atoms with van der Waals surface area (Å²) in [5.41, 5.74) is 1.58. The number of ether oxygens (including phenoxy) is 3. The number of benzene rings is 2. The normalized spacial score (nSPS) is 17.1. The van der Waals surface area contributed by atoms with E-state index in [4.69, 9.17) is 14.2 Å². The number of pyridine rings is 1. The highest BCUT2D eigenvalue weighted by molar-refractivity contribution is 7.91. The maximum Gasteiger partial charge on any atom is 0.338 e. The van der Waals surface area contributed by atoms with Crippen LogP contribution in [-0.4, -0.2) is 82.9 Å². The third kappa shape index (κ3) is 6.50. The van der Waals surface area contributed by atoms with Crippen LogP contribution in [-0.2, 0) is 19.3 Å². The molecular formula is C31H39N3O6S. The highest BCUT2D eigenvalue weighted by atomic mass is 32.2. The molecule has 5 rings (SSSR count). The number of morpholine rings is 1. The van der Waals surface area contributed by atoms with E-state index in [9.17, 15) is 13.2 Å². The van der Waals surface area contributed by atoms with Gasteiger partial charge in [0.1, 0.15) is 10.6 Å². The average Bonchev–Trinajstić information content (AvgIpc) is 3.01. The lowest BCUT2D eigenvalue weighted by molar-refractivity contribution is 0.0115. The molecule has 9 nitrogen and oxygen atoms in total.